The smallest absolute Gasteiger partial charge is 0.232 e. The average Bonchev–Trinajstić information content (AvgIpc) is 2.43. The van der Waals surface area contributed by atoms with E-state index >= 15 is 0 Å². The zero-order chi connectivity index (χ0) is 16.2. The number of sulfone groups is 1. The highest BCUT2D eigenvalue weighted by molar-refractivity contribution is 7.91. The minimum Gasteiger partial charge on any atom is -0.476 e. The van der Waals surface area contributed by atoms with Crippen molar-refractivity contribution in [2.75, 3.05) is 18.1 Å². The summed E-state index contributed by atoms with van der Waals surface area (Å²) in [5.41, 5.74) is 0.921. The first-order chi connectivity index (χ1) is 10.4. The first-order valence-corrected chi connectivity index (χ1v) is 9.76. The Hall–Kier alpha value is -0.850. The molecule has 1 unspecified atom stereocenters. The molecule has 2 heterocycles. The molecule has 0 saturated carbocycles. The van der Waals surface area contributed by atoms with Crippen LogP contribution in [-0.2, 0) is 16.4 Å². The topological polar surface area (TPSA) is 68.3 Å². The van der Waals surface area contributed by atoms with E-state index in [2.05, 4.69) is 24.1 Å². The fraction of sp³-hybridized carbons (Fsp3) is 0.667. The number of pyridine rings is 1. The molecule has 1 aliphatic heterocycles. The summed E-state index contributed by atoms with van der Waals surface area (Å²) in [6.45, 7) is 5.25. The summed E-state index contributed by atoms with van der Waals surface area (Å²) in [5.74, 6) is 1.37. The lowest BCUT2D eigenvalue weighted by Crippen LogP contribution is -2.39. The third-order valence-electron chi connectivity index (χ3n) is 3.48. The maximum absolute atomic E-state index is 11.6. The molecule has 2 rings (SSSR count). The predicted molar refractivity (Wildman–Crippen MR) is 88.1 cm³/mol. The van der Waals surface area contributed by atoms with Crippen LogP contribution < -0.4 is 10.1 Å². The van der Waals surface area contributed by atoms with Gasteiger partial charge in [-0.3, -0.25) is 0 Å². The summed E-state index contributed by atoms with van der Waals surface area (Å²) in [7, 11) is -2.89. The van der Waals surface area contributed by atoms with E-state index in [1.165, 1.54) is 0 Å². The molecule has 7 heteroatoms. The van der Waals surface area contributed by atoms with Gasteiger partial charge in [-0.15, -0.1) is 0 Å². The SMILES string of the molecule is CC(C)COc1ncc(CNC2CCCS(=O)(=O)C2)cc1Cl. The van der Waals surface area contributed by atoms with Crippen molar-refractivity contribution in [3.63, 3.8) is 0 Å². The molecule has 1 aromatic rings. The van der Waals surface area contributed by atoms with E-state index in [0.717, 1.165) is 18.4 Å². The normalized spacial score (nSPS) is 21.0. The van der Waals surface area contributed by atoms with Gasteiger partial charge >= 0.3 is 0 Å². The Labute approximate surface area is 137 Å². The Balaban J connectivity index is 1.89. The first kappa shape index (κ1) is 17.5. The lowest BCUT2D eigenvalue weighted by Gasteiger charge is -2.23. The number of nitrogens with zero attached hydrogens (tertiary/aromatic N) is 1. The number of rotatable bonds is 6. The Morgan fingerprint density at radius 1 is 1.50 bits per heavy atom. The summed E-state index contributed by atoms with van der Waals surface area (Å²) < 4.78 is 28.7. The Morgan fingerprint density at radius 2 is 2.27 bits per heavy atom. The molecule has 22 heavy (non-hydrogen) atoms. The maximum atomic E-state index is 11.6. The van der Waals surface area contributed by atoms with Crippen LogP contribution in [0.2, 0.25) is 5.02 Å². The fourth-order valence-electron chi connectivity index (χ4n) is 2.36. The second-order valence-corrected chi connectivity index (χ2v) is 8.81. The summed E-state index contributed by atoms with van der Waals surface area (Å²) in [5, 5.41) is 3.75. The molecule has 0 bridgehead atoms. The van der Waals surface area contributed by atoms with E-state index < -0.39 is 9.84 Å². The molecule has 0 aliphatic carbocycles. The Morgan fingerprint density at radius 3 is 2.91 bits per heavy atom. The summed E-state index contributed by atoms with van der Waals surface area (Å²) in [6.07, 6.45) is 3.32. The molecule has 0 spiro atoms. The van der Waals surface area contributed by atoms with Gasteiger partial charge in [0.05, 0.1) is 18.1 Å². The number of aromatic nitrogens is 1. The van der Waals surface area contributed by atoms with Crippen molar-refractivity contribution >= 4 is 21.4 Å². The van der Waals surface area contributed by atoms with Gasteiger partial charge < -0.3 is 10.1 Å². The quantitative estimate of drug-likeness (QED) is 0.856. The molecular formula is C15H23ClN2O3S. The van der Waals surface area contributed by atoms with E-state index in [-0.39, 0.29) is 11.8 Å². The van der Waals surface area contributed by atoms with Gasteiger partial charge in [-0.05, 0) is 30.4 Å². The highest BCUT2D eigenvalue weighted by atomic mass is 35.5. The Bertz CT molecular complexity index is 605. The Kier molecular flexibility index (Phi) is 6.06. The molecular weight excluding hydrogens is 324 g/mol. The summed E-state index contributed by atoms with van der Waals surface area (Å²) in [4.78, 5) is 4.23. The number of hydrogen-bond acceptors (Lipinski definition) is 5. The van der Waals surface area contributed by atoms with Gasteiger partial charge in [-0.25, -0.2) is 13.4 Å². The van der Waals surface area contributed by atoms with E-state index in [1.807, 2.05) is 6.07 Å². The lowest BCUT2D eigenvalue weighted by molar-refractivity contribution is 0.261. The second kappa shape index (κ2) is 7.62. The van der Waals surface area contributed by atoms with Gasteiger partial charge in [0.1, 0.15) is 5.02 Å². The van der Waals surface area contributed by atoms with Crippen molar-refractivity contribution in [2.45, 2.75) is 39.3 Å². The molecule has 1 aliphatic rings. The molecule has 0 radical (unpaired) electrons. The van der Waals surface area contributed by atoms with Crippen LogP contribution >= 0.6 is 11.6 Å². The average molecular weight is 347 g/mol. The van der Waals surface area contributed by atoms with Crippen molar-refractivity contribution in [3.05, 3.63) is 22.8 Å². The zero-order valence-electron chi connectivity index (χ0n) is 13.0. The zero-order valence-corrected chi connectivity index (χ0v) is 14.6. The molecule has 1 atom stereocenters. The largest absolute Gasteiger partial charge is 0.476 e. The van der Waals surface area contributed by atoms with Crippen molar-refractivity contribution in [3.8, 4) is 5.88 Å². The van der Waals surface area contributed by atoms with E-state index in [4.69, 9.17) is 16.3 Å². The van der Waals surface area contributed by atoms with Crippen LogP contribution in [0.25, 0.3) is 0 Å². The van der Waals surface area contributed by atoms with Gasteiger partial charge in [0.15, 0.2) is 9.84 Å². The second-order valence-electron chi connectivity index (χ2n) is 6.17. The number of hydrogen-bond donors (Lipinski definition) is 1. The van der Waals surface area contributed by atoms with Crippen LogP contribution in [0.5, 0.6) is 5.88 Å². The van der Waals surface area contributed by atoms with E-state index in [0.29, 0.717) is 35.7 Å². The van der Waals surface area contributed by atoms with Crippen LogP contribution in [0.1, 0.15) is 32.3 Å². The summed E-state index contributed by atoms with van der Waals surface area (Å²) in [6, 6.07) is 1.82. The molecule has 0 amide bonds. The summed E-state index contributed by atoms with van der Waals surface area (Å²) >= 11 is 6.17. The predicted octanol–water partition coefficient (Wildman–Crippen LogP) is 2.44. The van der Waals surface area contributed by atoms with Gasteiger partial charge in [-0.1, -0.05) is 25.4 Å². The van der Waals surface area contributed by atoms with Crippen molar-refractivity contribution < 1.29 is 13.2 Å². The molecule has 1 fully saturated rings. The fourth-order valence-corrected chi connectivity index (χ4v) is 4.27. The van der Waals surface area contributed by atoms with Crippen LogP contribution in [0.15, 0.2) is 12.3 Å². The third kappa shape index (κ3) is 5.41. The molecule has 124 valence electrons. The minimum absolute atomic E-state index is 0.00870. The van der Waals surface area contributed by atoms with Crippen LogP contribution in [0, 0.1) is 5.92 Å². The van der Waals surface area contributed by atoms with E-state index in [9.17, 15) is 8.42 Å². The molecule has 5 nitrogen and oxygen atoms in total. The van der Waals surface area contributed by atoms with Crippen LogP contribution in [0.4, 0.5) is 0 Å². The van der Waals surface area contributed by atoms with Gasteiger partial charge in [-0.2, -0.15) is 0 Å². The lowest BCUT2D eigenvalue weighted by atomic mass is 10.1. The maximum Gasteiger partial charge on any atom is 0.232 e. The highest BCUT2D eigenvalue weighted by Crippen LogP contribution is 2.23. The number of nitrogens with one attached hydrogen (secondary N) is 1. The highest BCUT2D eigenvalue weighted by Gasteiger charge is 2.24. The van der Waals surface area contributed by atoms with Crippen molar-refractivity contribution in [1.82, 2.24) is 10.3 Å². The molecule has 0 aromatic carbocycles. The van der Waals surface area contributed by atoms with Crippen molar-refractivity contribution in [1.29, 1.82) is 0 Å². The molecule has 1 saturated heterocycles. The van der Waals surface area contributed by atoms with Gasteiger partial charge in [0.2, 0.25) is 5.88 Å². The standard InChI is InChI=1S/C15H23ClN2O3S/c1-11(2)9-21-15-14(16)6-12(8-18-15)7-17-13-4-3-5-22(19,20)10-13/h6,8,11,13,17H,3-5,7,9-10H2,1-2H3. The van der Waals surface area contributed by atoms with Crippen LogP contribution in [-0.4, -0.2) is 37.6 Å². The molecule has 1 N–H and O–H groups in total. The van der Waals surface area contributed by atoms with Crippen LogP contribution in [0.3, 0.4) is 0 Å². The van der Waals surface area contributed by atoms with E-state index in [1.54, 1.807) is 6.20 Å². The van der Waals surface area contributed by atoms with Gasteiger partial charge in [0, 0.05) is 18.8 Å². The monoisotopic (exact) mass is 346 g/mol. The number of ether oxygens (including phenoxy) is 1. The minimum atomic E-state index is -2.89. The first-order valence-electron chi connectivity index (χ1n) is 7.57. The molecule has 1 aromatic heterocycles. The van der Waals surface area contributed by atoms with Crippen molar-refractivity contribution in [2.24, 2.45) is 5.92 Å². The third-order valence-corrected chi connectivity index (χ3v) is 5.57. The number of halogens is 1. The van der Waals surface area contributed by atoms with Gasteiger partial charge in [0.25, 0.3) is 0 Å².